The minimum absolute atomic E-state index is 0.146. The SMILES string of the molecule is Cc1cc(C)c(CC(C)(C)Cl)cc1C. The van der Waals surface area contributed by atoms with Crippen molar-refractivity contribution in [3.8, 4) is 0 Å². The summed E-state index contributed by atoms with van der Waals surface area (Å²) in [6, 6.07) is 4.50. The van der Waals surface area contributed by atoms with E-state index in [0.29, 0.717) is 0 Å². The Hall–Kier alpha value is -0.490. The molecule has 1 aromatic rings. The first-order valence-electron chi connectivity index (χ1n) is 5.05. The first-order chi connectivity index (χ1) is 6.29. The Morgan fingerprint density at radius 3 is 2.00 bits per heavy atom. The van der Waals surface area contributed by atoms with E-state index in [0.717, 1.165) is 6.42 Å². The van der Waals surface area contributed by atoms with E-state index in [1.165, 1.54) is 22.3 Å². The Balaban J connectivity index is 3.04. The lowest BCUT2D eigenvalue weighted by atomic mass is 9.94. The second kappa shape index (κ2) is 3.94. The van der Waals surface area contributed by atoms with E-state index >= 15 is 0 Å². The molecule has 1 heteroatoms. The van der Waals surface area contributed by atoms with Gasteiger partial charge in [0.15, 0.2) is 0 Å². The van der Waals surface area contributed by atoms with Crippen LogP contribution in [0.1, 0.15) is 36.1 Å². The molecule has 0 aromatic heterocycles. The Bertz CT molecular complexity index is 332. The fourth-order valence-corrected chi connectivity index (χ4v) is 1.81. The Morgan fingerprint density at radius 1 is 1.00 bits per heavy atom. The summed E-state index contributed by atoms with van der Waals surface area (Å²) in [5, 5.41) is 0. The van der Waals surface area contributed by atoms with Gasteiger partial charge in [0.05, 0.1) is 0 Å². The third-order valence-corrected chi connectivity index (χ3v) is 2.70. The van der Waals surface area contributed by atoms with Crippen molar-refractivity contribution in [3.05, 3.63) is 34.4 Å². The third kappa shape index (κ3) is 3.02. The van der Waals surface area contributed by atoms with Crippen LogP contribution < -0.4 is 0 Å². The zero-order chi connectivity index (χ0) is 10.9. The number of rotatable bonds is 2. The number of hydrogen-bond donors (Lipinski definition) is 0. The lowest BCUT2D eigenvalue weighted by Crippen LogP contribution is -2.15. The molecule has 0 heterocycles. The van der Waals surface area contributed by atoms with Crippen molar-refractivity contribution in [1.82, 2.24) is 0 Å². The summed E-state index contributed by atoms with van der Waals surface area (Å²) in [7, 11) is 0. The van der Waals surface area contributed by atoms with E-state index in [-0.39, 0.29) is 4.87 Å². The standard InChI is InChI=1S/C13H19Cl/c1-9-6-11(3)12(7-10(9)2)8-13(4,5)14/h6-7H,8H2,1-5H3. The van der Waals surface area contributed by atoms with Crippen molar-refractivity contribution in [3.63, 3.8) is 0 Å². The highest BCUT2D eigenvalue weighted by atomic mass is 35.5. The summed E-state index contributed by atoms with van der Waals surface area (Å²) in [5.41, 5.74) is 5.43. The molecule has 1 rings (SSSR count). The zero-order valence-corrected chi connectivity index (χ0v) is 10.5. The van der Waals surface area contributed by atoms with Crippen molar-refractivity contribution < 1.29 is 0 Å². The zero-order valence-electron chi connectivity index (χ0n) is 9.74. The fraction of sp³-hybridized carbons (Fsp3) is 0.538. The lowest BCUT2D eigenvalue weighted by molar-refractivity contribution is 0.690. The van der Waals surface area contributed by atoms with E-state index in [2.05, 4.69) is 46.8 Å². The van der Waals surface area contributed by atoms with Gasteiger partial charge in [-0.1, -0.05) is 12.1 Å². The second-order valence-corrected chi connectivity index (χ2v) is 5.78. The van der Waals surface area contributed by atoms with Crippen molar-refractivity contribution in [2.24, 2.45) is 0 Å². The van der Waals surface area contributed by atoms with Crippen molar-refractivity contribution >= 4 is 11.6 Å². The van der Waals surface area contributed by atoms with Gasteiger partial charge >= 0.3 is 0 Å². The van der Waals surface area contributed by atoms with Gasteiger partial charge in [-0.05, 0) is 63.3 Å². The van der Waals surface area contributed by atoms with E-state index in [1.807, 2.05) is 0 Å². The summed E-state index contributed by atoms with van der Waals surface area (Å²) in [5.74, 6) is 0. The molecule has 0 nitrogen and oxygen atoms in total. The van der Waals surface area contributed by atoms with Crippen LogP contribution in [-0.2, 0) is 6.42 Å². The first-order valence-corrected chi connectivity index (χ1v) is 5.43. The smallest absolute Gasteiger partial charge is 0.0431 e. The van der Waals surface area contributed by atoms with Crippen LogP contribution in [0.2, 0.25) is 0 Å². The topological polar surface area (TPSA) is 0 Å². The van der Waals surface area contributed by atoms with Crippen LogP contribution in [0.3, 0.4) is 0 Å². The minimum atomic E-state index is -0.146. The lowest BCUT2D eigenvalue weighted by Gasteiger charge is -2.18. The fourth-order valence-electron chi connectivity index (χ4n) is 1.66. The van der Waals surface area contributed by atoms with Crippen LogP contribution in [0.4, 0.5) is 0 Å². The molecule has 0 N–H and O–H groups in total. The summed E-state index contributed by atoms with van der Waals surface area (Å²) in [6.45, 7) is 10.6. The summed E-state index contributed by atoms with van der Waals surface area (Å²) >= 11 is 6.23. The molecule has 0 aliphatic carbocycles. The van der Waals surface area contributed by atoms with Crippen molar-refractivity contribution in [2.45, 2.75) is 45.9 Å². The highest BCUT2D eigenvalue weighted by Crippen LogP contribution is 2.24. The number of halogens is 1. The van der Waals surface area contributed by atoms with Gasteiger partial charge in [0, 0.05) is 4.87 Å². The summed E-state index contributed by atoms with van der Waals surface area (Å²) < 4.78 is 0. The van der Waals surface area contributed by atoms with Gasteiger partial charge < -0.3 is 0 Å². The molecule has 0 fully saturated rings. The molecule has 1 aromatic carbocycles. The van der Waals surface area contributed by atoms with Crippen molar-refractivity contribution in [2.75, 3.05) is 0 Å². The van der Waals surface area contributed by atoms with Crippen LogP contribution >= 0.6 is 11.6 Å². The molecule has 0 aliphatic rings. The van der Waals surface area contributed by atoms with E-state index in [1.54, 1.807) is 0 Å². The van der Waals surface area contributed by atoms with E-state index in [4.69, 9.17) is 11.6 Å². The normalized spacial score (nSPS) is 11.9. The molecule has 0 spiro atoms. The van der Waals surface area contributed by atoms with Gasteiger partial charge in [0.2, 0.25) is 0 Å². The van der Waals surface area contributed by atoms with Gasteiger partial charge in [-0.25, -0.2) is 0 Å². The minimum Gasteiger partial charge on any atom is -0.120 e. The number of aryl methyl sites for hydroxylation is 3. The molecular formula is C13H19Cl. The van der Waals surface area contributed by atoms with Crippen LogP contribution in [0, 0.1) is 20.8 Å². The van der Waals surface area contributed by atoms with Gasteiger partial charge in [-0.2, -0.15) is 0 Å². The Kier molecular flexibility index (Phi) is 3.26. The molecule has 0 unspecified atom stereocenters. The highest BCUT2D eigenvalue weighted by molar-refractivity contribution is 6.23. The maximum Gasteiger partial charge on any atom is 0.0431 e. The molecule has 78 valence electrons. The van der Waals surface area contributed by atoms with E-state index in [9.17, 15) is 0 Å². The maximum atomic E-state index is 6.23. The monoisotopic (exact) mass is 210 g/mol. The first kappa shape index (κ1) is 11.6. The second-order valence-electron chi connectivity index (χ2n) is 4.76. The summed E-state index contributed by atoms with van der Waals surface area (Å²) in [4.78, 5) is -0.146. The molecular weight excluding hydrogens is 192 g/mol. The van der Waals surface area contributed by atoms with Gasteiger partial charge in [-0.15, -0.1) is 11.6 Å². The Labute approximate surface area is 92.3 Å². The predicted molar refractivity (Wildman–Crippen MR) is 64.3 cm³/mol. The molecule has 0 saturated heterocycles. The van der Waals surface area contributed by atoms with Gasteiger partial charge in [0.25, 0.3) is 0 Å². The van der Waals surface area contributed by atoms with E-state index < -0.39 is 0 Å². The average molecular weight is 211 g/mol. The van der Waals surface area contributed by atoms with Gasteiger partial charge in [-0.3, -0.25) is 0 Å². The molecule has 0 amide bonds. The molecule has 0 bridgehead atoms. The molecule has 0 atom stereocenters. The molecule has 14 heavy (non-hydrogen) atoms. The average Bonchev–Trinajstić information content (AvgIpc) is 1.97. The number of benzene rings is 1. The maximum absolute atomic E-state index is 6.23. The Morgan fingerprint density at radius 2 is 1.50 bits per heavy atom. The number of hydrogen-bond acceptors (Lipinski definition) is 0. The summed E-state index contributed by atoms with van der Waals surface area (Å²) in [6.07, 6.45) is 0.932. The van der Waals surface area contributed by atoms with Crippen LogP contribution in [-0.4, -0.2) is 4.87 Å². The van der Waals surface area contributed by atoms with Crippen LogP contribution in [0.15, 0.2) is 12.1 Å². The van der Waals surface area contributed by atoms with Crippen LogP contribution in [0.25, 0.3) is 0 Å². The largest absolute Gasteiger partial charge is 0.120 e. The highest BCUT2D eigenvalue weighted by Gasteiger charge is 2.15. The number of alkyl halides is 1. The molecule has 0 aliphatic heterocycles. The quantitative estimate of drug-likeness (QED) is 0.643. The third-order valence-electron chi connectivity index (χ3n) is 2.56. The predicted octanol–water partition coefficient (Wildman–Crippen LogP) is 4.17. The van der Waals surface area contributed by atoms with Gasteiger partial charge in [0.1, 0.15) is 0 Å². The molecule has 0 saturated carbocycles. The molecule has 0 radical (unpaired) electrons. The van der Waals surface area contributed by atoms with Crippen molar-refractivity contribution in [1.29, 1.82) is 0 Å². The van der Waals surface area contributed by atoms with Crippen LogP contribution in [0.5, 0.6) is 0 Å².